The molecule has 0 saturated heterocycles. The van der Waals surface area contributed by atoms with Crippen LogP contribution in [0.1, 0.15) is 19.8 Å². The molecule has 1 amide bonds. The van der Waals surface area contributed by atoms with Gasteiger partial charge in [-0.25, -0.2) is 4.98 Å². The Bertz CT molecular complexity index is 745. The third-order valence-electron chi connectivity index (χ3n) is 4.10. The Morgan fingerprint density at radius 1 is 1.36 bits per heavy atom. The molecule has 1 aliphatic carbocycles. The van der Waals surface area contributed by atoms with Crippen LogP contribution in [-0.4, -0.2) is 58.5 Å². The molecule has 1 heterocycles. The van der Waals surface area contributed by atoms with Gasteiger partial charge in [0.25, 0.3) is 0 Å². The second kappa shape index (κ2) is 7.77. The number of carbonyl (C=O) groups excluding carboxylic acids is 1. The van der Waals surface area contributed by atoms with Gasteiger partial charge in [0.05, 0.1) is 25.5 Å². The van der Waals surface area contributed by atoms with Gasteiger partial charge in [-0.1, -0.05) is 11.8 Å². The summed E-state index contributed by atoms with van der Waals surface area (Å²) in [5.74, 6) is 2.45. The van der Waals surface area contributed by atoms with E-state index in [-0.39, 0.29) is 5.91 Å². The fraction of sp³-hybridized carbons (Fsp3) is 0.471. The largest absolute Gasteiger partial charge is 0.497 e. The highest BCUT2D eigenvalue weighted by Crippen LogP contribution is 2.32. The van der Waals surface area contributed by atoms with E-state index >= 15 is 0 Å². The summed E-state index contributed by atoms with van der Waals surface area (Å²) >= 11 is 1.34. The lowest BCUT2D eigenvalue weighted by Crippen LogP contribution is -2.34. The minimum absolute atomic E-state index is 0.142. The number of hydrogen-bond donors (Lipinski definition) is 1. The van der Waals surface area contributed by atoms with Crippen molar-refractivity contribution in [1.29, 1.82) is 0 Å². The third-order valence-corrected chi connectivity index (χ3v) is 4.93. The smallest absolute Gasteiger partial charge is 0.233 e. The Balaban J connectivity index is 1.67. The zero-order valence-electron chi connectivity index (χ0n) is 14.6. The number of ether oxygens (including phenoxy) is 2. The molecule has 8 heteroatoms. The number of H-pyrrole nitrogens is 1. The Hall–Kier alpha value is -2.22. The molecule has 0 atom stereocenters. The SMILES string of the molecule is CCN(C(=O)CSc1n[nH]c(-c2ccc(OC)cc2OC)n1)C1CC1. The molecular formula is C17H22N4O3S. The van der Waals surface area contributed by atoms with Crippen LogP contribution in [0.4, 0.5) is 0 Å². The minimum atomic E-state index is 0.142. The van der Waals surface area contributed by atoms with Crippen molar-refractivity contribution in [2.75, 3.05) is 26.5 Å². The van der Waals surface area contributed by atoms with Crippen LogP contribution >= 0.6 is 11.8 Å². The van der Waals surface area contributed by atoms with Crippen molar-refractivity contribution in [3.63, 3.8) is 0 Å². The Morgan fingerprint density at radius 2 is 2.16 bits per heavy atom. The van der Waals surface area contributed by atoms with E-state index in [0.29, 0.717) is 34.3 Å². The van der Waals surface area contributed by atoms with E-state index in [4.69, 9.17) is 9.47 Å². The van der Waals surface area contributed by atoms with Crippen molar-refractivity contribution in [2.24, 2.45) is 0 Å². The number of thioether (sulfide) groups is 1. The summed E-state index contributed by atoms with van der Waals surface area (Å²) < 4.78 is 10.6. The molecule has 1 aromatic carbocycles. The molecule has 1 N–H and O–H groups in total. The van der Waals surface area contributed by atoms with Gasteiger partial charge in [0.15, 0.2) is 5.82 Å². The zero-order chi connectivity index (χ0) is 17.8. The summed E-state index contributed by atoms with van der Waals surface area (Å²) in [4.78, 5) is 18.7. The number of hydrogen-bond acceptors (Lipinski definition) is 6. The van der Waals surface area contributed by atoms with Gasteiger partial charge in [-0.2, -0.15) is 0 Å². The van der Waals surface area contributed by atoms with Gasteiger partial charge >= 0.3 is 0 Å². The Kier molecular flexibility index (Phi) is 5.47. The summed E-state index contributed by atoms with van der Waals surface area (Å²) in [6.45, 7) is 2.77. The molecule has 0 unspecified atom stereocenters. The summed E-state index contributed by atoms with van der Waals surface area (Å²) in [5.41, 5.74) is 0.794. The lowest BCUT2D eigenvalue weighted by Gasteiger charge is -2.19. The molecule has 1 fully saturated rings. The van der Waals surface area contributed by atoms with Gasteiger partial charge < -0.3 is 14.4 Å². The highest BCUT2D eigenvalue weighted by Gasteiger charge is 2.31. The van der Waals surface area contributed by atoms with Gasteiger partial charge in [-0.15, -0.1) is 5.10 Å². The first kappa shape index (κ1) is 17.6. The first-order valence-corrected chi connectivity index (χ1v) is 9.21. The summed E-state index contributed by atoms with van der Waals surface area (Å²) in [5, 5.41) is 7.66. The van der Waals surface area contributed by atoms with Crippen LogP contribution in [-0.2, 0) is 4.79 Å². The molecule has 1 saturated carbocycles. The van der Waals surface area contributed by atoms with Crippen LogP contribution in [0, 0.1) is 0 Å². The van der Waals surface area contributed by atoms with Crippen molar-refractivity contribution in [3.8, 4) is 22.9 Å². The minimum Gasteiger partial charge on any atom is -0.497 e. The second-order valence-electron chi connectivity index (χ2n) is 5.73. The first-order chi connectivity index (χ1) is 12.2. The molecule has 2 aromatic rings. The van der Waals surface area contributed by atoms with Crippen LogP contribution in [0.25, 0.3) is 11.4 Å². The molecule has 7 nitrogen and oxygen atoms in total. The standard InChI is InChI=1S/C17H22N4O3S/c1-4-21(11-5-6-11)15(22)10-25-17-18-16(19-20-17)13-8-7-12(23-2)9-14(13)24-3/h7-9,11H,4-6,10H2,1-3H3,(H,18,19,20). The average molecular weight is 362 g/mol. The second-order valence-corrected chi connectivity index (χ2v) is 6.67. The quantitative estimate of drug-likeness (QED) is 0.727. The van der Waals surface area contributed by atoms with Crippen molar-refractivity contribution < 1.29 is 14.3 Å². The molecule has 134 valence electrons. The predicted molar refractivity (Wildman–Crippen MR) is 96.1 cm³/mol. The number of aromatic nitrogens is 3. The number of benzene rings is 1. The van der Waals surface area contributed by atoms with Crippen molar-refractivity contribution in [1.82, 2.24) is 20.1 Å². The average Bonchev–Trinajstić information content (AvgIpc) is 3.36. The Labute approximate surface area is 151 Å². The number of nitrogens with one attached hydrogen (secondary N) is 1. The predicted octanol–water partition coefficient (Wildman–Crippen LogP) is 2.59. The maximum absolute atomic E-state index is 12.3. The topological polar surface area (TPSA) is 80.3 Å². The number of nitrogens with zero attached hydrogens (tertiary/aromatic N) is 3. The lowest BCUT2D eigenvalue weighted by atomic mass is 10.2. The fourth-order valence-electron chi connectivity index (χ4n) is 2.66. The molecular weight excluding hydrogens is 340 g/mol. The van der Waals surface area contributed by atoms with Crippen molar-refractivity contribution >= 4 is 17.7 Å². The van der Waals surface area contributed by atoms with Gasteiger partial charge in [0.2, 0.25) is 11.1 Å². The van der Waals surface area contributed by atoms with Crippen molar-refractivity contribution in [3.05, 3.63) is 18.2 Å². The van der Waals surface area contributed by atoms with Gasteiger partial charge in [0.1, 0.15) is 11.5 Å². The van der Waals surface area contributed by atoms with E-state index in [0.717, 1.165) is 24.9 Å². The maximum atomic E-state index is 12.3. The highest BCUT2D eigenvalue weighted by atomic mass is 32.2. The first-order valence-electron chi connectivity index (χ1n) is 8.23. The zero-order valence-corrected chi connectivity index (χ0v) is 15.4. The normalized spacial score (nSPS) is 13.6. The van der Waals surface area contributed by atoms with Crippen LogP contribution in [0.2, 0.25) is 0 Å². The monoisotopic (exact) mass is 362 g/mol. The van der Waals surface area contributed by atoms with Crippen LogP contribution in [0.15, 0.2) is 23.4 Å². The van der Waals surface area contributed by atoms with Crippen molar-refractivity contribution in [2.45, 2.75) is 31.0 Å². The van der Waals surface area contributed by atoms with Crippen LogP contribution < -0.4 is 9.47 Å². The van der Waals surface area contributed by atoms with Crippen LogP contribution in [0.5, 0.6) is 11.5 Å². The highest BCUT2D eigenvalue weighted by molar-refractivity contribution is 7.99. The summed E-state index contributed by atoms with van der Waals surface area (Å²) in [7, 11) is 3.20. The number of carbonyl (C=O) groups is 1. The maximum Gasteiger partial charge on any atom is 0.233 e. The number of aromatic amines is 1. The van der Waals surface area contributed by atoms with Gasteiger partial charge in [-0.05, 0) is 31.9 Å². The van der Waals surface area contributed by atoms with Gasteiger partial charge in [0, 0.05) is 18.7 Å². The molecule has 1 aromatic heterocycles. The third kappa shape index (κ3) is 4.07. The number of rotatable bonds is 8. The van der Waals surface area contributed by atoms with E-state index < -0.39 is 0 Å². The molecule has 0 bridgehead atoms. The Morgan fingerprint density at radius 3 is 2.80 bits per heavy atom. The lowest BCUT2D eigenvalue weighted by molar-refractivity contribution is -0.128. The van der Waals surface area contributed by atoms with E-state index in [1.165, 1.54) is 11.8 Å². The van der Waals surface area contributed by atoms with E-state index in [9.17, 15) is 4.79 Å². The van der Waals surface area contributed by atoms with Gasteiger partial charge in [-0.3, -0.25) is 9.89 Å². The number of methoxy groups -OCH3 is 2. The molecule has 1 aliphatic rings. The van der Waals surface area contributed by atoms with E-state index in [1.54, 1.807) is 20.3 Å². The van der Waals surface area contributed by atoms with E-state index in [1.807, 2.05) is 24.0 Å². The number of amides is 1. The summed E-state index contributed by atoms with van der Waals surface area (Å²) in [6.07, 6.45) is 2.23. The fourth-order valence-corrected chi connectivity index (χ4v) is 3.34. The molecule has 0 spiro atoms. The van der Waals surface area contributed by atoms with E-state index in [2.05, 4.69) is 15.2 Å². The molecule has 25 heavy (non-hydrogen) atoms. The molecule has 0 aliphatic heterocycles. The van der Waals surface area contributed by atoms with Crippen LogP contribution in [0.3, 0.4) is 0 Å². The molecule has 3 rings (SSSR count). The summed E-state index contributed by atoms with van der Waals surface area (Å²) in [6, 6.07) is 5.93. The molecule has 0 radical (unpaired) electrons.